The molecule has 3 aromatic rings. The first-order chi connectivity index (χ1) is 14.2. The van der Waals surface area contributed by atoms with Gasteiger partial charge in [-0.25, -0.2) is 9.97 Å². The third kappa shape index (κ3) is 5.03. The lowest BCUT2D eigenvalue weighted by molar-refractivity contribution is 0.184. The zero-order valence-corrected chi connectivity index (χ0v) is 17.4. The van der Waals surface area contributed by atoms with E-state index in [2.05, 4.69) is 39.6 Å². The van der Waals surface area contributed by atoms with Crippen molar-refractivity contribution in [1.82, 2.24) is 14.9 Å². The number of anilines is 2. The van der Waals surface area contributed by atoms with Gasteiger partial charge in [0.15, 0.2) is 5.13 Å². The van der Waals surface area contributed by atoms with Gasteiger partial charge in [-0.2, -0.15) is 5.26 Å². The van der Waals surface area contributed by atoms with Gasteiger partial charge in [-0.1, -0.05) is 6.92 Å². The molecule has 0 aliphatic carbocycles. The largest absolute Gasteiger partial charge is 0.465 e. The summed E-state index contributed by atoms with van der Waals surface area (Å²) in [4.78, 5) is 11.4. The van der Waals surface area contributed by atoms with Crippen molar-refractivity contribution in [2.75, 3.05) is 18.4 Å². The number of nitrogens with zero attached hydrogens (tertiary/aromatic N) is 4. The Labute approximate surface area is 175 Å². The van der Waals surface area contributed by atoms with Crippen molar-refractivity contribution in [3.8, 4) is 6.07 Å². The Morgan fingerprint density at radius 1 is 1.31 bits per heavy atom. The number of nitrogens with one attached hydrogen (secondary N) is 1. The Kier molecular flexibility index (Phi) is 6.23. The van der Waals surface area contributed by atoms with E-state index in [0.717, 1.165) is 66.9 Å². The number of furan rings is 1. The molecule has 3 aromatic heterocycles. The number of hydrogen-bond acceptors (Lipinski definition) is 7. The summed E-state index contributed by atoms with van der Waals surface area (Å²) in [5, 5.41) is 15.2. The first-order valence-electron chi connectivity index (χ1n) is 10.1. The monoisotopic (exact) mass is 407 g/mol. The van der Waals surface area contributed by atoms with Gasteiger partial charge in [0.25, 0.3) is 0 Å². The molecule has 1 fully saturated rings. The molecule has 0 saturated carbocycles. The van der Waals surface area contributed by atoms with Crippen LogP contribution in [0.4, 0.5) is 10.8 Å². The van der Waals surface area contributed by atoms with E-state index in [9.17, 15) is 0 Å². The normalized spacial score (nSPS) is 17.2. The van der Waals surface area contributed by atoms with Gasteiger partial charge in [0.05, 0.1) is 24.1 Å². The van der Waals surface area contributed by atoms with Gasteiger partial charge in [-0.05, 0) is 50.1 Å². The fourth-order valence-electron chi connectivity index (χ4n) is 3.74. The van der Waals surface area contributed by atoms with Gasteiger partial charge in [0, 0.05) is 24.3 Å². The van der Waals surface area contributed by atoms with Gasteiger partial charge >= 0.3 is 0 Å². The van der Waals surface area contributed by atoms with Gasteiger partial charge in [0.2, 0.25) is 0 Å². The van der Waals surface area contributed by atoms with E-state index in [-0.39, 0.29) is 0 Å². The van der Waals surface area contributed by atoms with Crippen LogP contribution in [-0.4, -0.2) is 28.0 Å². The Morgan fingerprint density at radius 2 is 2.21 bits per heavy atom. The van der Waals surface area contributed by atoms with Crippen molar-refractivity contribution in [2.24, 2.45) is 0 Å². The summed E-state index contributed by atoms with van der Waals surface area (Å²) in [7, 11) is 0. The zero-order valence-electron chi connectivity index (χ0n) is 16.6. The number of hydrogen-bond donors (Lipinski definition) is 1. The number of rotatable bonds is 7. The first-order valence-corrected chi connectivity index (χ1v) is 11.0. The molecule has 4 heterocycles. The highest BCUT2D eigenvalue weighted by Crippen LogP contribution is 2.31. The van der Waals surface area contributed by atoms with Crippen LogP contribution in [0.25, 0.3) is 0 Å². The number of likely N-dealkylation sites (tertiary alicyclic amines) is 1. The van der Waals surface area contributed by atoms with Crippen LogP contribution < -0.4 is 5.32 Å². The quantitative estimate of drug-likeness (QED) is 0.588. The summed E-state index contributed by atoms with van der Waals surface area (Å²) >= 11 is 1.61. The molecule has 1 aliphatic rings. The van der Waals surface area contributed by atoms with E-state index in [1.807, 2.05) is 12.1 Å². The molecular weight excluding hydrogens is 382 g/mol. The van der Waals surface area contributed by atoms with Crippen molar-refractivity contribution >= 4 is 22.2 Å². The van der Waals surface area contributed by atoms with Crippen molar-refractivity contribution < 1.29 is 4.42 Å². The smallest absolute Gasteiger partial charge is 0.187 e. The van der Waals surface area contributed by atoms with E-state index >= 15 is 0 Å². The molecule has 0 aromatic carbocycles. The second-order valence-corrected chi connectivity index (χ2v) is 8.30. The topological polar surface area (TPSA) is 78.0 Å². The standard InChI is InChI=1S/C22H25N5OS/c1-2-4-19-8-9-20(28-19)14-27-10-3-5-16(13-27)21-15-29-22(26-21)25-18-7-6-17(11-23)24-12-18/h6-9,12,15-16H,2-5,10,13-14H2,1H3,(H,25,26). The summed E-state index contributed by atoms with van der Waals surface area (Å²) in [5.41, 5.74) is 2.40. The third-order valence-electron chi connectivity index (χ3n) is 5.17. The molecule has 7 heteroatoms. The van der Waals surface area contributed by atoms with Gasteiger partial charge in [0.1, 0.15) is 23.3 Å². The molecule has 1 aliphatic heterocycles. The molecule has 1 N–H and O–H groups in total. The van der Waals surface area contributed by atoms with Gasteiger partial charge in [-0.3, -0.25) is 4.90 Å². The van der Waals surface area contributed by atoms with Crippen LogP contribution in [0.2, 0.25) is 0 Å². The van der Waals surface area contributed by atoms with Crippen LogP contribution in [-0.2, 0) is 13.0 Å². The van der Waals surface area contributed by atoms with Crippen molar-refractivity contribution in [2.45, 2.75) is 45.1 Å². The van der Waals surface area contributed by atoms with Crippen molar-refractivity contribution in [3.63, 3.8) is 0 Å². The summed E-state index contributed by atoms with van der Waals surface area (Å²) in [5.74, 6) is 2.59. The van der Waals surface area contributed by atoms with Gasteiger partial charge in [-0.15, -0.1) is 11.3 Å². The van der Waals surface area contributed by atoms with E-state index in [4.69, 9.17) is 14.7 Å². The average Bonchev–Trinajstić information content (AvgIpc) is 3.39. The number of nitriles is 1. The summed E-state index contributed by atoms with van der Waals surface area (Å²) in [6.45, 7) is 5.15. The fraction of sp³-hybridized carbons (Fsp3) is 0.409. The molecule has 1 unspecified atom stereocenters. The molecule has 29 heavy (non-hydrogen) atoms. The van der Waals surface area contributed by atoms with Crippen molar-refractivity contribution in [1.29, 1.82) is 5.26 Å². The van der Waals surface area contributed by atoms with E-state index in [0.29, 0.717) is 11.6 Å². The SMILES string of the molecule is CCCc1ccc(CN2CCCC(c3csc(Nc4ccc(C#N)nc4)n3)C2)o1. The number of pyridine rings is 1. The van der Waals surface area contributed by atoms with Crippen LogP contribution in [0.3, 0.4) is 0 Å². The predicted octanol–water partition coefficient (Wildman–Crippen LogP) is 5.08. The van der Waals surface area contributed by atoms with Crippen LogP contribution >= 0.6 is 11.3 Å². The Balaban J connectivity index is 1.36. The maximum Gasteiger partial charge on any atom is 0.187 e. The average molecular weight is 408 g/mol. The van der Waals surface area contributed by atoms with Crippen LogP contribution in [0.5, 0.6) is 0 Å². The van der Waals surface area contributed by atoms with Gasteiger partial charge < -0.3 is 9.73 Å². The molecule has 6 nitrogen and oxygen atoms in total. The molecule has 0 bridgehead atoms. The van der Waals surface area contributed by atoms with E-state index in [1.54, 1.807) is 23.6 Å². The molecular formula is C22H25N5OS. The van der Waals surface area contributed by atoms with E-state index in [1.165, 1.54) is 6.42 Å². The molecule has 1 saturated heterocycles. The molecule has 0 spiro atoms. The fourth-order valence-corrected chi connectivity index (χ4v) is 4.55. The first kappa shape index (κ1) is 19.6. The molecule has 0 amide bonds. The highest BCUT2D eigenvalue weighted by atomic mass is 32.1. The van der Waals surface area contributed by atoms with Crippen LogP contribution in [0.1, 0.15) is 55.0 Å². The predicted molar refractivity (Wildman–Crippen MR) is 114 cm³/mol. The minimum atomic E-state index is 0.413. The summed E-state index contributed by atoms with van der Waals surface area (Å²) in [6, 6.07) is 9.81. The minimum absolute atomic E-state index is 0.413. The lowest BCUT2D eigenvalue weighted by atomic mass is 9.95. The Morgan fingerprint density at radius 3 is 3.00 bits per heavy atom. The molecule has 0 radical (unpaired) electrons. The highest BCUT2D eigenvalue weighted by Gasteiger charge is 2.24. The van der Waals surface area contributed by atoms with Crippen molar-refractivity contribution in [3.05, 3.63) is 58.8 Å². The lowest BCUT2D eigenvalue weighted by Crippen LogP contribution is -2.33. The number of aryl methyl sites for hydroxylation is 1. The second-order valence-electron chi connectivity index (χ2n) is 7.44. The lowest BCUT2D eigenvalue weighted by Gasteiger charge is -2.31. The molecule has 1 atom stereocenters. The number of thiazole rings is 1. The third-order valence-corrected chi connectivity index (χ3v) is 5.94. The minimum Gasteiger partial charge on any atom is -0.465 e. The zero-order chi connectivity index (χ0) is 20.1. The highest BCUT2D eigenvalue weighted by molar-refractivity contribution is 7.13. The number of piperidine rings is 1. The Hall–Kier alpha value is -2.69. The van der Waals surface area contributed by atoms with E-state index < -0.39 is 0 Å². The maximum absolute atomic E-state index is 8.85. The second kappa shape index (κ2) is 9.21. The molecule has 150 valence electrons. The maximum atomic E-state index is 8.85. The Bertz CT molecular complexity index is 972. The van der Waals surface area contributed by atoms with Crippen LogP contribution in [0.15, 0.2) is 40.3 Å². The van der Waals surface area contributed by atoms with Crippen LogP contribution in [0, 0.1) is 11.3 Å². The summed E-state index contributed by atoms with van der Waals surface area (Å²) < 4.78 is 5.96. The summed E-state index contributed by atoms with van der Waals surface area (Å²) in [6.07, 6.45) is 6.12. The molecule has 4 rings (SSSR count). The number of aromatic nitrogens is 2.